The molecule has 1 aliphatic carbocycles. The first-order valence-corrected chi connectivity index (χ1v) is 4.01. The van der Waals surface area contributed by atoms with Crippen LogP contribution in [0.3, 0.4) is 0 Å². The summed E-state index contributed by atoms with van der Waals surface area (Å²) in [5, 5.41) is 0. The van der Waals surface area contributed by atoms with Crippen molar-refractivity contribution < 1.29 is 0 Å². The molecular formula is C9H13BrN2. The van der Waals surface area contributed by atoms with E-state index in [-0.39, 0.29) is 22.5 Å². The van der Waals surface area contributed by atoms with Crippen molar-refractivity contribution in [3.05, 3.63) is 30.1 Å². The van der Waals surface area contributed by atoms with Crippen molar-refractivity contribution in [2.75, 3.05) is 0 Å². The number of halogens is 1. The fraction of sp³-hybridized carbons (Fsp3) is 0.444. The lowest BCUT2D eigenvalue weighted by molar-refractivity contribution is 0.253. The first kappa shape index (κ1) is 9.68. The molecule has 1 fully saturated rings. The Bertz CT molecular complexity index is 244. The van der Waals surface area contributed by atoms with E-state index in [0.717, 1.165) is 12.8 Å². The maximum Gasteiger partial charge on any atom is 0.0410 e. The van der Waals surface area contributed by atoms with Gasteiger partial charge in [0.05, 0.1) is 0 Å². The third-order valence-electron chi connectivity index (χ3n) is 2.50. The molecule has 2 nitrogen and oxygen atoms in total. The van der Waals surface area contributed by atoms with E-state index in [4.69, 9.17) is 5.73 Å². The van der Waals surface area contributed by atoms with E-state index in [9.17, 15) is 0 Å². The van der Waals surface area contributed by atoms with Gasteiger partial charge in [-0.1, -0.05) is 0 Å². The molecule has 12 heavy (non-hydrogen) atoms. The molecule has 0 atom stereocenters. The Kier molecular flexibility index (Phi) is 2.85. The SMILES string of the molecule is Br.NC1(c2ccncc2)CCC1. The molecular weight excluding hydrogens is 216 g/mol. The first-order valence-electron chi connectivity index (χ1n) is 4.01. The zero-order chi connectivity index (χ0) is 7.73. The maximum atomic E-state index is 6.10. The molecule has 1 heterocycles. The number of pyridine rings is 1. The summed E-state index contributed by atoms with van der Waals surface area (Å²) in [5.41, 5.74) is 7.31. The standard InChI is InChI=1S/C9H12N2.BrH/c10-9(4-1-5-9)8-2-6-11-7-3-8;/h2-3,6-7H,1,4-5,10H2;1H. The number of hydrogen-bond donors (Lipinski definition) is 1. The van der Waals surface area contributed by atoms with Crippen molar-refractivity contribution in [1.82, 2.24) is 4.98 Å². The van der Waals surface area contributed by atoms with E-state index < -0.39 is 0 Å². The molecule has 1 aromatic rings. The second-order valence-corrected chi connectivity index (χ2v) is 3.25. The Hall–Kier alpha value is -0.410. The number of rotatable bonds is 1. The van der Waals surface area contributed by atoms with E-state index in [1.807, 2.05) is 24.5 Å². The summed E-state index contributed by atoms with van der Waals surface area (Å²) in [6.07, 6.45) is 7.12. The summed E-state index contributed by atoms with van der Waals surface area (Å²) in [6, 6.07) is 4.03. The maximum absolute atomic E-state index is 6.10. The van der Waals surface area contributed by atoms with Crippen LogP contribution in [-0.2, 0) is 5.54 Å². The largest absolute Gasteiger partial charge is 0.321 e. The Morgan fingerprint density at radius 3 is 2.25 bits per heavy atom. The van der Waals surface area contributed by atoms with Gasteiger partial charge in [0, 0.05) is 17.9 Å². The van der Waals surface area contributed by atoms with Gasteiger partial charge in [0.15, 0.2) is 0 Å². The minimum absolute atomic E-state index is 0. The van der Waals surface area contributed by atoms with Crippen LogP contribution in [0.4, 0.5) is 0 Å². The van der Waals surface area contributed by atoms with Crippen LogP contribution >= 0.6 is 17.0 Å². The molecule has 0 unspecified atom stereocenters. The van der Waals surface area contributed by atoms with Gasteiger partial charge >= 0.3 is 0 Å². The summed E-state index contributed by atoms with van der Waals surface area (Å²) >= 11 is 0. The molecule has 0 amide bonds. The van der Waals surface area contributed by atoms with Gasteiger partial charge < -0.3 is 5.73 Å². The van der Waals surface area contributed by atoms with Crippen LogP contribution in [0.25, 0.3) is 0 Å². The zero-order valence-electron chi connectivity index (χ0n) is 6.86. The predicted molar refractivity (Wildman–Crippen MR) is 54.3 cm³/mol. The Morgan fingerprint density at radius 1 is 1.25 bits per heavy atom. The van der Waals surface area contributed by atoms with Crippen LogP contribution < -0.4 is 5.73 Å². The lowest BCUT2D eigenvalue weighted by atomic mass is 9.73. The van der Waals surface area contributed by atoms with Crippen LogP contribution in [0.5, 0.6) is 0 Å². The fourth-order valence-corrected chi connectivity index (χ4v) is 1.53. The average molecular weight is 229 g/mol. The molecule has 3 heteroatoms. The third-order valence-corrected chi connectivity index (χ3v) is 2.50. The molecule has 1 aromatic heterocycles. The second kappa shape index (κ2) is 3.54. The predicted octanol–water partition coefficient (Wildman–Crippen LogP) is 2.00. The van der Waals surface area contributed by atoms with Crippen LogP contribution in [-0.4, -0.2) is 4.98 Å². The first-order chi connectivity index (χ1) is 5.31. The molecule has 0 radical (unpaired) electrons. The van der Waals surface area contributed by atoms with Crippen molar-refractivity contribution in [2.45, 2.75) is 24.8 Å². The van der Waals surface area contributed by atoms with Crippen molar-refractivity contribution in [3.63, 3.8) is 0 Å². The Labute approximate surface area is 83.0 Å². The molecule has 66 valence electrons. The van der Waals surface area contributed by atoms with Gasteiger partial charge in [0.2, 0.25) is 0 Å². The summed E-state index contributed by atoms with van der Waals surface area (Å²) < 4.78 is 0. The van der Waals surface area contributed by atoms with Gasteiger partial charge in [-0.2, -0.15) is 0 Å². The van der Waals surface area contributed by atoms with Crippen molar-refractivity contribution in [2.24, 2.45) is 5.73 Å². The van der Waals surface area contributed by atoms with Gasteiger partial charge in [-0.15, -0.1) is 17.0 Å². The highest BCUT2D eigenvalue weighted by molar-refractivity contribution is 8.93. The van der Waals surface area contributed by atoms with Crippen LogP contribution in [0.2, 0.25) is 0 Å². The van der Waals surface area contributed by atoms with E-state index in [0.29, 0.717) is 0 Å². The van der Waals surface area contributed by atoms with Crippen LogP contribution in [0.1, 0.15) is 24.8 Å². The Morgan fingerprint density at radius 2 is 1.83 bits per heavy atom. The minimum atomic E-state index is -0.0249. The van der Waals surface area contributed by atoms with Crippen molar-refractivity contribution in [1.29, 1.82) is 0 Å². The van der Waals surface area contributed by atoms with Gasteiger partial charge in [-0.25, -0.2) is 0 Å². The molecule has 1 saturated carbocycles. The van der Waals surface area contributed by atoms with E-state index in [1.165, 1.54) is 12.0 Å². The van der Waals surface area contributed by atoms with Gasteiger partial charge in [0.25, 0.3) is 0 Å². The van der Waals surface area contributed by atoms with Gasteiger partial charge in [-0.3, -0.25) is 4.98 Å². The number of aromatic nitrogens is 1. The average Bonchev–Trinajstić information content (AvgIpc) is 2.02. The number of hydrogen-bond acceptors (Lipinski definition) is 2. The van der Waals surface area contributed by atoms with Crippen LogP contribution in [0, 0.1) is 0 Å². The molecule has 1 aliphatic rings. The molecule has 0 spiro atoms. The molecule has 0 bridgehead atoms. The summed E-state index contributed by atoms with van der Waals surface area (Å²) in [7, 11) is 0. The van der Waals surface area contributed by atoms with E-state index in [1.54, 1.807) is 0 Å². The number of nitrogens with zero attached hydrogens (tertiary/aromatic N) is 1. The monoisotopic (exact) mass is 228 g/mol. The van der Waals surface area contributed by atoms with E-state index >= 15 is 0 Å². The highest BCUT2D eigenvalue weighted by Crippen LogP contribution is 2.37. The Balaban J connectivity index is 0.000000720. The normalized spacial score (nSPS) is 19.1. The van der Waals surface area contributed by atoms with Gasteiger partial charge in [0.1, 0.15) is 0 Å². The van der Waals surface area contributed by atoms with Gasteiger partial charge in [-0.05, 0) is 37.0 Å². The second-order valence-electron chi connectivity index (χ2n) is 3.25. The summed E-state index contributed by atoms with van der Waals surface area (Å²) in [6.45, 7) is 0. The molecule has 2 N–H and O–H groups in total. The van der Waals surface area contributed by atoms with E-state index in [2.05, 4.69) is 4.98 Å². The topological polar surface area (TPSA) is 38.9 Å². The summed E-state index contributed by atoms with van der Waals surface area (Å²) in [5.74, 6) is 0. The quantitative estimate of drug-likeness (QED) is 0.799. The summed E-state index contributed by atoms with van der Waals surface area (Å²) in [4.78, 5) is 3.96. The lowest BCUT2D eigenvalue weighted by Crippen LogP contribution is -2.43. The highest BCUT2D eigenvalue weighted by atomic mass is 79.9. The van der Waals surface area contributed by atoms with Crippen molar-refractivity contribution in [3.8, 4) is 0 Å². The van der Waals surface area contributed by atoms with Crippen molar-refractivity contribution >= 4 is 17.0 Å². The molecule has 0 saturated heterocycles. The zero-order valence-corrected chi connectivity index (χ0v) is 8.58. The fourth-order valence-electron chi connectivity index (χ4n) is 1.53. The molecule has 0 aromatic carbocycles. The smallest absolute Gasteiger partial charge is 0.0410 e. The lowest BCUT2D eigenvalue weighted by Gasteiger charge is -2.38. The third kappa shape index (κ3) is 1.52. The molecule has 2 rings (SSSR count). The minimum Gasteiger partial charge on any atom is -0.321 e. The molecule has 0 aliphatic heterocycles. The van der Waals surface area contributed by atoms with Crippen LogP contribution in [0.15, 0.2) is 24.5 Å². The highest BCUT2D eigenvalue weighted by Gasteiger charge is 2.33. The number of nitrogens with two attached hydrogens (primary N) is 1.